The number of carbonyl (C=O) groups is 1. The molecule has 0 atom stereocenters. The van der Waals surface area contributed by atoms with Gasteiger partial charge in [-0.2, -0.15) is 5.10 Å². The molecule has 0 fully saturated rings. The van der Waals surface area contributed by atoms with Gasteiger partial charge in [-0.25, -0.2) is 0 Å². The molecule has 0 saturated heterocycles. The molecule has 6 heteroatoms. The summed E-state index contributed by atoms with van der Waals surface area (Å²) in [7, 11) is 1.97. The van der Waals surface area contributed by atoms with Crippen LogP contribution in [-0.4, -0.2) is 47.7 Å². The van der Waals surface area contributed by atoms with E-state index in [9.17, 15) is 4.79 Å². The van der Waals surface area contributed by atoms with Crippen molar-refractivity contribution in [3.63, 3.8) is 0 Å². The van der Waals surface area contributed by atoms with Crippen LogP contribution < -0.4 is 9.64 Å². The predicted molar refractivity (Wildman–Crippen MR) is 91.2 cm³/mol. The van der Waals surface area contributed by atoms with Crippen molar-refractivity contribution in [1.82, 2.24) is 15.1 Å². The topological polar surface area (TPSA) is 61.5 Å². The van der Waals surface area contributed by atoms with Crippen molar-refractivity contribution in [2.75, 3.05) is 31.6 Å². The standard InChI is InChI=1S/C18H22N4O2/c1-21(11-15-13-5-4-6-14(13)19-20-15)12-18(23)22-9-10-24-17-8-3-2-7-16(17)22/h2-3,7-8H,4-6,9-12H2,1H3,(H,19,20). The molecule has 1 aliphatic carbocycles. The van der Waals surface area contributed by atoms with Gasteiger partial charge in [0.2, 0.25) is 5.91 Å². The molecule has 0 radical (unpaired) electrons. The first-order valence-electron chi connectivity index (χ1n) is 8.48. The second-order valence-electron chi connectivity index (χ2n) is 6.51. The minimum Gasteiger partial charge on any atom is -0.490 e. The third-order valence-corrected chi connectivity index (χ3v) is 4.75. The summed E-state index contributed by atoms with van der Waals surface area (Å²) in [5, 5.41) is 7.55. The third-order valence-electron chi connectivity index (χ3n) is 4.75. The Labute approximate surface area is 141 Å². The van der Waals surface area contributed by atoms with Crippen molar-refractivity contribution in [3.8, 4) is 5.75 Å². The lowest BCUT2D eigenvalue weighted by Gasteiger charge is -2.30. The maximum atomic E-state index is 12.7. The Morgan fingerprint density at radius 2 is 2.25 bits per heavy atom. The van der Waals surface area contributed by atoms with Gasteiger partial charge in [0.15, 0.2) is 0 Å². The molecular formula is C18H22N4O2. The van der Waals surface area contributed by atoms with E-state index in [0.29, 0.717) is 26.2 Å². The zero-order chi connectivity index (χ0) is 16.5. The van der Waals surface area contributed by atoms with Crippen LogP contribution in [0.2, 0.25) is 0 Å². The summed E-state index contributed by atoms with van der Waals surface area (Å²) in [6.45, 7) is 2.21. The molecule has 1 aromatic carbocycles. The Hall–Kier alpha value is -2.34. The Kier molecular flexibility index (Phi) is 3.98. The summed E-state index contributed by atoms with van der Waals surface area (Å²) in [4.78, 5) is 16.6. The number of nitrogens with one attached hydrogen (secondary N) is 1. The van der Waals surface area contributed by atoms with E-state index < -0.39 is 0 Å². The number of ether oxygens (including phenoxy) is 1. The number of benzene rings is 1. The van der Waals surface area contributed by atoms with Crippen LogP contribution in [0.1, 0.15) is 23.4 Å². The lowest BCUT2D eigenvalue weighted by atomic mass is 10.2. The number of carbonyl (C=O) groups excluding carboxylic acids is 1. The Morgan fingerprint density at radius 1 is 1.38 bits per heavy atom. The van der Waals surface area contributed by atoms with E-state index in [0.717, 1.165) is 30.0 Å². The summed E-state index contributed by atoms with van der Waals surface area (Å²) < 4.78 is 5.62. The van der Waals surface area contributed by atoms with Crippen LogP contribution in [0.15, 0.2) is 24.3 Å². The number of amides is 1. The molecule has 0 saturated carbocycles. The number of hydrogen-bond donors (Lipinski definition) is 1. The van der Waals surface area contributed by atoms with Crippen LogP contribution in [0.3, 0.4) is 0 Å². The van der Waals surface area contributed by atoms with Crippen molar-refractivity contribution in [2.24, 2.45) is 0 Å². The molecule has 2 aromatic rings. The van der Waals surface area contributed by atoms with Crippen LogP contribution >= 0.6 is 0 Å². The predicted octanol–water partition coefficient (Wildman–Crippen LogP) is 1.76. The molecule has 0 unspecified atom stereocenters. The maximum absolute atomic E-state index is 12.7. The van der Waals surface area contributed by atoms with Crippen LogP contribution in [-0.2, 0) is 24.2 Å². The Balaban J connectivity index is 1.43. The summed E-state index contributed by atoms with van der Waals surface area (Å²) in [5.74, 6) is 0.880. The van der Waals surface area contributed by atoms with Gasteiger partial charge in [0, 0.05) is 12.2 Å². The largest absolute Gasteiger partial charge is 0.490 e. The molecule has 4 rings (SSSR count). The summed E-state index contributed by atoms with van der Waals surface area (Å²) in [6.07, 6.45) is 3.39. The first-order valence-corrected chi connectivity index (χ1v) is 8.48. The number of aromatic amines is 1. The zero-order valence-electron chi connectivity index (χ0n) is 13.9. The van der Waals surface area contributed by atoms with Crippen molar-refractivity contribution in [2.45, 2.75) is 25.8 Å². The number of anilines is 1. The average molecular weight is 326 g/mol. The van der Waals surface area contributed by atoms with Crippen LogP contribution in [0.25, 0.3) is 0 Å². The number of rotatable bonds is 4. The quantitative estimate of drug-likeness (QED) is 0.930. The Bertz CT molecular complexity index is 755. The van der Waals surface area contributed by atoms with E-state index in [1.807, 2.05) is 41.1 Å². The molecule has 1 aliphatic heterocycles. The molecular weight excluding hydrogens is 304 g/mol. The molecule has 2 heterocycles. The van der Waals surface area contributed by atoms with Gasteiger partial charge < -0.3 is 9.64 Å². The number of para-hydroxylation sites is 2. The lowest BCUT2D eigenvalue weighted by Crippen LogP contribution is -2.43. The fourth-order valence-electron chi connectivity index (χ4n) is 3.58. The van der Waals surface area contributed by atoms with Crippen LogP contribution in [0.5, 0.6) is 5.75 Å². The fraction of sp³-hybridized carbons (Fsp3) is 0.444. The van der Waals surface area contributed by atoms with Gasteiger partial charge in [-0.15, -0.1) is 0 Å². The number of nitrogens with zero attached hydrogens (tertiary/aromatic N) is 3. The summed E-state index contributed by atoms with van der Waals surface area (Å²) in [6, 6.07) is 7.71. The first kappa shape index (κ1) is 15.2. The summed E-state index contributed by atoms with van der Waals surface area (Å²) in [5.41, 5.74) is 4.57. The van der Waals surface area contributed by atoms with E-state index in [1.165, 1.54) is 17.7 Å². The van der Waals surface area contributed by atoms with Gasteiger partial charge in [-0.3, -0.25) is 14.8 Å². The number of likely N-dealkylation sites (N-methyl/N-ethyl adjacent to an activating group) is 1. The average Bonchev–Trinajstić information content (AvgIpc) is 3.19. The van der Waals surface area contributed by atoms with Gasteiger partial charge in [0.25, 0.3) is 0 Å². The second-order valence-corrected chi connectivity index (χ2v) is 6.51. The zero-order valence-corrected chi connectivity index (χ0v) is 13.9. The second kappa shape index (κ2) is 6.28. The molecule has 1 amide bonds. The number of H-pyrrole nitrogens is 1. The van der Waals surface area contributed by atoms with Crippen molar-refractivity contribution < 1.29 is 9.53 Å². The van der Waals surface area contributed by atoms with E-state index >= 15 is 0 Å². The third kappa shape index (κ3) is 2.78. The highest BCUT2D eigenvalue weighted by atomic mass is 16.5. The number of aryl methyl sites for hydroxylation is 1. The van der Waals surface area contributed by atoms with Crippen LogP contribution in [0.4, 0.5) is 5.69 Å². The van der Waals surface area contributed by atoms with E-state index in [4.69, 9.17) is 4.74 Å². The van der Waals surface area contributed by atoms with Gasteiger partial charge in [0.05, 0.1) is 24.5 Å². The minimum absolute atomic E-state index is 0.0976. The van der Waals surface area contributed by atoms with Gasteiger partial charge in [-0.05, 0) is 44.0 Å². The number of fused-ring (bicyclic) bond motifs is 2. The van der Waals surface area contributed by atoms with Gasteiger partial charge in [-0.1, -0.05) is 12.1 Å². The van der Waals surface area contributed by atoms with Crippen molar-refractivity contribution in [3.05, 3.63) is 41.2 Å². The SMILES string of the molecule is CN(CC(=O)N1CCOc2ccccc21)Cc1n[nH]c2c1CCC2. The van der Waals surface area contributed by atoms with Crippen LogP contribution in [0, 0.1) is 0 Å². The highest BCUT2D eigenvalue weighted by Crippen LogP contribution is 2.31. The number of aromatic nitrogens is 2. The van der Waals surface area contributed by atoms with Crippen molar-refractivity contribution in [1.29, 1.82) is 0 Å². The van der Waals surface area contributed by atoms with E-state index in [1.54, 1.807) is 0 Å². The van der Waals surface area contributed by atoms with E-state index in [-0.39, 0.29) is 5.91 Å². The smallest absolute Gasteiger partial charge is 0.241 e. The van der Waals surface area contributed by atoms with Gasteiger partial charge >= 0.3 is 0 Å². The first-order chi connectivity index (χ1) is 11.7. The highest BCUT2D eigenvalue weighted by molar-refractivity contribution is 5.96. The molecule has 1 N–H and O–H groups in total. The minimum atomic E-state index is 0.0976. The molecule has 6 nitrogen and oxygen atoms in total. The molecule has 0 spiro atoms. The molecule has 24 heavy (non-hydrogen) atoms. The molecule has 1 aromatic heterocycles. The maximum Gasteiger partial charge on any atom is 0.241 e. The molecule has 2 aliphatic rings. The number of hydrogen-bond acceptors (Lipinski definition) is 4. The van der Waals surface area contributed by atoms with Gasteiger partial charge in [0.1, 0.15) is 12.4 Å². The molecule has 126 valence electrons. The summed E-state index contributed by atoms with van der Waals surface area (Å²) >= 11 is 0. The van der Waals surface area contributed by atoms with Crippen molar-refractivity contribution >= 4 is 11.6 Å². The molecule has 0 bridgehead atoms. The monoisotopic (exact) mass is 326 g/mol. The fourth-order valence-corrected chi connectivity index (χ4v) is 3.58. The Morgan fingerprint density at radius 3 is 3.17 bits per heavy atom. The lowest BCUT2D eigenvalue weighted by molar-refractivity contribution is -0.119. The normalized spacial score (nSPS) is 16.0. The highest BCUT2D eigenvalue weighted by Gasteiger charge is 2.25. The van der Waals surface area contributed by atoms with E-state index in [2.05, 4.69) is 10.2 Å².